The Balaban J connectivity index is 1.97. The summed E-state index contributed by atoms with van der Waals surface area (Å²) in [7, 11) is 0. The molecule has 0 atom stereocenters. The highest BCUT2D eigenvalue weighted by molar-refractivity contribution is 6.31. The van der Waals surface area contributed by atoms with E-state index < -0.39 is 0 Å². The Labute approximate surface area is 126 Å². The Morgan fingerprint density at radius 1 is 1.10 bits per heavy atom. The zero-order chi connectivity index (χ0) is 14.1. The summed E-state index contributed by atoms with van der Waals surface area (Å²) < 4.78 is 2.46. The number of hydrogen-bond acceptors (Lipinski definition) is 1. The van der Waals surface area contributed by atoms with Crippen molar-refractivity contribution in [3.8, 4) is 0 Å². The van der Waals surface area contributed by atoms with E-state index in [0.717, 1.165) is 11.6 Å². The van der Waals surface area contributed by atoms with E-state index in [-0.39, 0.29) is 0 Å². The molecule has 1 aromatic carbocycles. The fraction of sp³-hybridized carbons (Fsp3) is 0.529. The van der Waals surface area contributed by atoms with Crippen molar-refractivity contribution in [1.29, 1.82) is 0 Å². The van der Waals surface area contributed by atoms with Crippen molar-refractivity contribution < 1.29 is 0 Å². The van der Waals surface area contributed by atoms with Gasteiger partial charge in [-0.05, 0) is 64.0 Å². The van der Waals surface area contributed by atoms with Crippen molar-refractivity contribution in [2.24, 2.45) is 0 Å². The van der Waals surface area contributed by atoms with Crippen LogP contribution in [0.15, 0.2) is 24.3 Å². The highest BCUT2D eigenvalue weighted by atomic mass is 35.5. The molecule has 2 nitrogen and oxygen atoms in total. The molecule has 1 saturated heterocycles. The highest BCUT2D eigenvalue weighted by Gasteiger charge is 2.16. The van der Waals surface area contributed by atoms with Crippen LogP contribution in [0, 0.1) is 0 Å². The van der Waals surface area contributed by atoms with Gasteiger partial charge in [-0.3, -0.25) is 4.90 Å². The van der Waals surface area contributed by atoms with Crippen LogP contribution in [0.1, 0.15) is 44.8 Å². The molecule has 1 aliphatic rings. The summed E-state index contributed by atoms with van der Waals surface area (Å²) in [6, 6.07) is 9.02. The zero-order valence-corrected chi connectivity index (χ0v) is 13.2. The van der Waals surface area contributed by atoms with Gasteiger partial charge in [0, 0.05) is 34.2 Å². The van der Waals surface area contributed by atoms with Crippen molar-refractivity contribution in [3.63, 3.8) is 0 Å². The average Bonchev–Trinajstić information content (AvgIpc) is 2.76. The van der Waals surface area contributed by atoms with Gasteiger partial charge in [-0.15, -0.1) is 0 Å². The molecule has 0 amide bonds. The van der Waals surface area contributed by atoms with Crippen molar-refractivity contribution in [1.82, 2.24) is 9.47 Å². The SMILES string of the molecule is CC(C)n1c(CN2CCCCC2)cc2cc(Cl)ccc21. The Bertz CT molecular complexity index is 594. The minimum Gasteiger partial charge on any atom is -0.341 e. The molecule has 3 heteroatoms. The number of hydrogen-bond donors (Lipinski definition) is 0. The molecule has 1 aromatic heterocycles. The van der Waals surface area contributed by atoms with E-state index in [1.165, 1.54) is 48.9 Å². The van der Waals surface area contributed by atoms with Crippen LogP contribution in [0.25, 0.3) is 10.9 Å². The number of halogens is 1. The summed E-state index contributed by atoms with van der Waals surface area (Å²) in [6.07, 6.45) is 4.07. The van der Waals surface area contributed by atoms with E-state index in [0.29, 0.717) is 6.04 Å². The van der Waals surface area contributed by atoms with E-state index >= 15 is 0 Å². The standard InChI is InChI=1S/C17H23ClN2/c1-13(2)20-16(12-19-8-4-3-5-9-19)11-14-10-15(18)6-7-17(14)20/h6-7,10-11,13H,3-5,8-9,12H2,1-2H3. The normalized spacial score (nSPS) is 17.2. The molecule has 0 saturated carbocycles. The summed E-state index contributed by atoms with van der Waals surface area (Å²) in [6.45, 7) is 8.05. The maximum absolute atomic E-state index is 6.13. The lowest BCUT2D eigenvalue weighted by atomic mass is 10.1. The molecular weight excluding hydrogens is 268 g/mol. The molecule has 108 valence electrons. The van der Waals surface area contributed by atoms with Gasteiger partial charge in [0.2, 0.25) is 0 Å². The molecule has 0 aliphatic carbocycles. The van der Waals surface area contributed by atoms with E-state index in [1.807, 2.05) is 6.07 Å². The van der Waals surface area contributed by atoms with E-state index in [4.69, 9.17) is 11.6 Å². The fourth-order valence-electron chi connectivity index (χ4n) is 3.34. The van der Waals surface area contributed by atoms with E-state index in [9.17, 15) is 0 Å². The Hall–Kier alpha value is -0.990. The molecule has 0 unspecified atom stereocenters. The van der Waals surface area contributed by atoms with Crippen molar-refractivity contribution in [3.05, 3.63) is 35.0 Å². The molecule has 0 N–H and O–H groups in total. The lowest BCUT2D eigenvalue weighted by Gasteiger charge is -2.27. The minimum absolute atomic E-state index is 0.480. The molecule has 3 rings (SSSR count). The van der Waals surface area contributed by atoms with Gasteiger partial charge in [0.1, 0.15) is 0 Å². The van der Waals surface area contributed by atoms with Crippen molar-refractivity contribution >= 4 is 22.5 Å². The zero-order valence-electron chi connectivity index (χ0n) is 12.4. The maximum atomic E-state index is 6.13. The topological polar surface area (TPSA) is 8.17 Å². The summed E-state index contributed by atoms with van der Waals surface area (Å²) in [4.78, 5) is 2.58. The van der Waals surface area contributed by atoms with Crippen LogP contribution in [0.3, 0.4) is 0 Å². The van der Waals surface area contributed by atoms with Gasteiger partial charge in [-0.1, -0.05) is 18.0 Å². The van der Waals surface area contributed by atoms with E-state index in [1.54, 1.807) is 0 Å². The molecule has 20 heavy (non-hydrogen) atoms. The molecule has 1 fully saturated rings. The lowest BCUT2D eigenvalue weighted by Crippen LogP contribution is -2.30. The maximum Gasteiger partial charge on any atom is 0.0486 e. The third kappa shape index (κ3) is 2.72. The predicted molar refractivity (Wildman–Crippen MR) is 86.5 cm³/mol. The second-order valence-electron chi connectivity index (χ2n) is 6.14. The first-order valence-corrected chi connectivity index (χ1v) is 8.04. The van der Waals surface area contributed by atoms with Crippen LogP contribution in [0.2, 0.25) is 5.02 Å². The smallest absolute Gasteiger partial charge is 0.0486 e. The van der Waals surface area contributed by atoms with Gasteiger partial charge in [0.15, 0.2) is 0 Å². The van der Waals surface area contributed by atoms with Gasteiger partial charge >= 0.3 is 0 Å². The second-order valence-corrected chi connectivity index (χ2v) is 6.58. The van der Waals surface area contributed by atoms with Gasteiger partial charge in [-0.25, -0.2) is 0 Å². The summed E-state index contributed by atoms with van der Waals surface area (Å²) in [5, 5.41) is 2.08. The first-order valence-electron chi connectivity index (χ1n) is 7.67. The lowest BCUT2D eigenvalue weighted by molar-refractivity contribution is 0.215. The molecule has 2 aromatic rings. The van der Waals surface area contributed by atoms with Crippen molar-refractivity contribution in [2.45, 2.75) is 45.7 Å². The molecule has 0 spiro atoms. The second kappa shape index (κ2) is 5.79. The van der Waals surface area contributed by atoms with Gasteiger partial charge in [0.05, 0.1) is 0 Å². The van der Waals surface area contributed by atoms with Crippen LogP contribution in [-0.4, -0.2) is 22.6 Å². The third-order valence-corrected chi connectivity index (χ3v) is 4.47. The third-order valence-electron chi connectivity index (χ3n) is 4.23. The van der Waals surface area contributed by atoms with Crippen LogP contribution in [0.5, 0.6) is 0 Å². The predicted octanol–water partition coefficient (Wildman–Crippen LogP) is 4.86. The van der Waals surface area contributed by atoms with Crippen LogP contribution < -0.4 is 0 Å². The Morgan fingerprint density at radius 3 is 2.55 bits per heavy atom. The fourth-order valence-corrected chi connectivity index (χ4v) is 3.52. The first kappa shape index (κ1) is 14.0. The summed E-state index contributed by atoms with van der Waals surface area (Å²) in [5.41, 5.74) is 2.72. The number of fused-ring (bicyclic) bond motifs is 1. The number of benzene rings is 1. The van der Waals surface area contributed by atoms with Gasteiger partial charge in [-0.2, -0.15) is 0 Å². The largest absolute Gasteiger partial charge is 0.341 e. The Kier molecular flexibility index (Phi) is 4.04. The van der Waals surface area contributed by atoms with Crippen LogP contribution in [-0.2, 0) is 6.54 Å². The van der Waals surface area contributed by atoms with Crippen molar-refractivity contribution in [2.75, 3.05) is 13.1 Å². The van der Waals surface area contributed by atoms with Crippen LogP contribution >= 0.6 is 11.6 Å². The summed E-state index contributed by atoms with van der Waals surface area (Å²) in [5.74, 6) is 0. The number of nitrogens with zero attached hydrogens (tertiary/aromatic N) is 2. The number of likely N-dealkylation sites (tertiary alicyclic amines) is 1. The quantitative estimate of drug-likeness (QED) is 0.783. The van der Waals surface area contributed by atoms with E-state index in [2.05, 4.69) is 41.5 Å². The number of aromatic nitrogens is 1. The molecule has 0 bridgehead atoms. The molecule has 2 heterocycles. The number of rotatable bonds is 3. The first-order chi connectivity index (χ1) is 9.65. The molecule has 0 radical (unpaired) electrons. The monoisotopic (exact) mass is 290 g/mol. The molecule has 1 aliphatic heterocycles. The molecular formula is C17H23ClN2. The highest BCUT2D eigenvalue weighted by Crippen LogP contribution is 2.28. The number of piperidine rings is 1. The van der Waals surface area contributed by atoms with Gasteiger partial charge in [0.25, 0.3) is 0 Å². The van der Waals surface area contributed by atoms with Gasteiger partial charge < -0.3 is 4.57 Å². The van der Waals surface area contributed by atoms with Crippen LogP contribution in [0.4, 0.5) is 0 Å². The summed E-state index contributed by atoms with van der Waals surface area (Å²) >= 11 is 6.13. The average molecular weight is 291 g/mol. The minimum atomic E-state index is 0.480. The Morgan fingerprint density at radius 2 is 1.85 bits per heavy atom.